The van der Waals surface area contributed by atoms with Gasteiger partial charge in [-0.3, -0.25) is 9.78 Å². The molecule has 0 radical (unpaired) electrons. The van der Waals surface area contributed by atoms with Gasteiger partial charge in [0.25, 0.3) is 5.91 Å². The summed E-state index contributed by atoms with van der Waals surface area (Å²) in [5.74, 6) is -0.630. The zero-order valence-electron chi connectivity index (χ0n) is 12.5. The van der Waals surface area contributed by atoms with E-state index in [9.17, 15) is 9.18 Å². The topological polar surface area (TPSA) is 54.4 Å². The standard InChI is InChI=1S/C18H14FN3O/c1-12-10-16(15-4-2-3-5-17(15)21-12)18(23)22-20-11-13-6-8-14(19)9-7-13/h2-11H,1H3,(H,22,23). The Kier molecular flexibility index (Phi) is 4.10. The maximum atomic E-state index is 12.8. The number of carbonyl (C=O) groups excluding carboxylic acids is 1. The van der Waals surface area contributed by atoms with Crippen molar-refractivity contribution in [3.05, 3.63) is 77.2 Å². The second-order valence-corrected chi connectivity index (χ2v) is 5.08. The van der Waals surface area contributed by atoms with Crippen LogP contribution in [0, 0.1) is 12.7 Å². The minimum Gasteiger partial charge on any atom is -0.267 e. The third kappa shape index (κ3) is 3.40. The second-order valence-electron chi connectivity index (χ2n) is 5.08. The summed E-state index contributed by atoms with van der Waals surface area (Å²) in [6.07, 6.45) is 1.47. The van der Waals surface area contributed by atoms with Gasteiger partial charge in [-0.05, 0) is 36.8 Å². The van der Waals surface area contributed by atoms with Crippen LogP contribution in [-0.2, 0) is 0 Å². The molecule has 0 unspecified atom stereocenters. The number of amides is 1. The number of aromatic nitrogens is 1. The molecule has 0 atom stereocenters. The highest BCUT2D eigenvalue weighted by Gasteiger charge is 2.10. The number of aryl methyl sites for hydroxylation is 1. The normalized spacial score (nSPS) is 11.0. The number of benzene rings is 2. The fourth-order valence-electron chi connectivity index (χ4n) is 2.27. The quantitative estimate of drug-likeness (QED) is 0.595. The third-order valence-corrected chi connectivity index (χ3v) is 3.34. The molecule has 1 heterocycles. The third-order valence-electron chi connectivity index (χ3n) is 3.34. The highest BCUT2D eigenvalue weighted by Crippen LogP contribution is 2.18. The molecule has 3 rings (SSSR count). The van der Waals surface area contributed by atoms with E-state index in [0.717, 1.165) is 16.6 Å². The van der Waals surface area contributed by atoms with Crippen LogP contribution in [0.5, 0.6) is 0 Å². The lowest BCUT2D eigenvalue weighted by atomic mass is 10.1. The number of hydrogen-bond acceptors (Lipinski definition) is 3. The van der Waals surface area contributed by atoms with Crippen LogP contribution in [0.2, 0.25) is 0 Å². The number of fused-ring (bicyclic) bond motifs is 1. The van der Waals surface area contributed by atoms with Gasteiger partial charge < -0.3 is 0 Å². The SMILES string of the molecule is Cc1cc(C(=O)NN=Cc2ccc(F)cc2)c2ccccc2n1. The lowest BCUT2D eigenvalue weighted by Crippen LogP contribution is -2.18. The van der Waals surface area contributed by atoms with E-state index >= 15 is 0 Å². The van der Waals surface area contributed by atoms with Crippen molar-refractivity contribution in [2.75, 3.05) is 0 Å². The van der Waals surface area contributed by atoms with Crippen molar-refractivity contribution in [2.24, 2.45) is 5.10 Å². The van der Waals surface area contributed by atoms with Crippen LogP contribution in [0.4, 0.5) is 4.39 Å². The van der Waals surface area contributed by atoms with Gasteiger partial charge in [0.1, 0.15) is 5.82 Å². The Bertz CT molecular complexity index is 888. The van der Waals surface area contributed by atoms with Crippen molar-refractivity contribution >= 4 is 23.0 Å². The molecular weight excluding hydrogens is 293 g/mol. The van der Waals surface area contributed by atoms with Gasteiger partial charge in [-0.15, -0.1) is 0 Å². The number of carbonyl (C=O) groups is 1. The molecule has 0 saturated heterocycles. The van der Waals surface area contributed by atoms with Crippen molar-refractivity contribution in [1.29, 1.82) is 0 Å². The Morgan fingerprint density at radius 1 is 1.17 bits per heavy atom. The highest BCUT2D eigenvalue weighted by atomic mass is 19.1. The molecule has 4 nitrogen and oxygen atoms in total. The first-order chi connectivity index (χ1) is 11.1. The molecular formula is C18H14FN3O. The van der Waals surface area contributed by atoms with Crippen LogP contribution in [0.15, 0.2) is 59.7 Å². The molecule has 114 valence electrons. The van der Waals surface area contributed by atoms with Gasteiger partial charge in [0, 0.05) is 11.1 Å². The summed E-state index contributed by atoms with van der Waals surface area (Å²) in [7, 11) is 0. The monoisotopic (exact) mass is 307 g/mol. The summed E-state index contributed by atoms with van der Waals surface area (Å²) in [6.45, 7) is 1.84. The minimum absolute atomic E-state index is 0.315. The predicted molar refractivity (Wildman–Crippen MR) is 87.9 cm³/mol. The maximum absolute atomic E-state index is 12.8. The van der Waals surface area contributed by atoms with Crippen LogP contribution in [0.25, 0.3) is 10.9 Å². The summed E-state index contributed by atoms with van der Waals surface area (Å²) < 4.78 is 12.8. The maximum Gasteiger partial charge on any atom is 0.272 e. The van der Waals surface area contributed by atoms with Gasteiger partial charge in [-0.25, -0.2) is 9.82 Å². The molecule has 2 aromatic carbocycles. The molecule has 0 fully saturated rings. The Balaban J connectivity index is 1.82. The molecule has 0 spiro atoms. The summed E-state index contributed by atoms with van der Waals surface area (Å²) >= 11 is 0. The number of nitrogens with one attached hydrogen (secondary N) is 1. The van der Waals surface area contributed by atoms with Crippen molar-refractivity contribution < 1.29 is 9.18 Å². The molecule has 23 heavy (non-hydrogen) atoms. The Morgan fingerprint density at radius 3 is 2.70 bits per heavy atom. The van der Waals surface area contributed by atoms with Crippen molar-refractivity contribution in [2.45, 2.75) is 6.92 Å². The average Bonchev–Trinajstić information content (AvgIpc) is 2.55. The van der Waals surface area contributed by atoms with Crippen LogP contribution in [0.3, 0.4) is 0 Å². The highest BCUT2D eigenvalue weighted by molar-refractivity contribution is 6.06. The van der Waals surface area contributed by atoms with E-state index in [1.165, 1.54) is 18.3 Å². The number of pyridine rings is 1. The van der Waals surface area contributed by atoms with Crippen LogP contribution in [-0.4, -0.2) is 17.1 Å². The van der Waals surface area contributed by atoms with Gasteiger partial charge >= 0.3 is 0 Å². The van der Waals surface area contributed by atoms with Gasteiger partial charge in [-0.1, -0.05) is 30.3 Å². The molecule has 3 aromatic rings. The number of rotatable bonds is 3. The van der Waals surface area contributed by atoms with E-state index in [2.05, 4.69) is 15.5 Å². The molecule has 0 aliphatic carbocycles. The zero-order chi connectivity index (χ0) is 16.2. The van der Waals surface area contributed by atoms with E-state index in [1.807, 2.05) is 31.2 Å². The van der Waals surface area contributed by atoms with Gasteiger partial charge in [0.05, 0.1) is 17.3 Å². The van der Waals surface area contributed by atoms with Gasteiger partial charge in [0.2, 0.25) is 0 Å². The molecule has 0 aliphatic rings. The predicted octanol–water partition coefficient (Wildman–Crippen LogP) is 3.45. The summed E-state index contributed by atoms with van der Waals surface area (Å²) in [6, 6.07) is 15.0. The first-order valence-corrected chi connectivity index (χ1v) is 7.09. The van der Waals surface area contributed by atoms with E-state index < -0.39 is 0 Å². The summed E-state index contributed by atoms with van der Waals surface area (Å²) in [4.78, 5) is 16.7. The number of hydrazone groups is 1. The molecule has 0 aliphatic heterocycles. The smallest absolute Gasteiger partial charge is 0.267 e. The molecule has 5 heteroatoms. The minimum atomic E-state index is -0.315. The van der Waals surface area contributed by atoms with Gasteiger partial charge in [0.15, 0.2) is 0 Å². The molecule has 1 amide bonds. The molecule has 1 aromatic heterocycles. The van der Waals surface area contributed by atoms with Crippen LogP contribution in [0.1, 0.15) is 21.6 Å². The first-order valence-electron chi connectivity index (χ1n) is 7.09. The first kappa shape index (κ1) is 14.8. The van der Waals surface area contributed by atoms with E-state index in [-0.39, 0.29) is 11.7 Å². The van der Waals surface area contributed by atoms with E-state index in [0.29, 0.717) is 11.1 Å². The zero-order valence-corrected chi connectivity index (χ0v) is 12.5. The van der Waals surface area contributed by atoms with E-state index in [1.54, 1.807) is 18.2 Å². The lowest BCUT2D eigenvalue weighted by molar-refractivity contribution is 0.0956. The molecule has 0 saturated carbocycles. The fraction of sp³-hybridized carbons (Fsp3) is 0.0556. The Hall–Kier alpha value is -3.08. The average molecular weight is 307 g/mol. The summed E-state index contributed by atoms with van der Waals surface area (Å²) in [5, 5.41) is 4.69. The van der Waals surface area contributed by atoms with E-state index in [4.69, 9.17) is 0 Å². The van der Waals surface area contributed by atoms with Gasteiger partial charge in [-0.2, -0.15) is 5.10 Å². The van der Waals surface area contributed by atoms with Crippen molar-refractivity contribution in [3.8, 4) is 0 Å². The summed E-state index contributed by atoms with van der Waals surface area (Å²) in [5.41, 5.74) is 5.23. The number of halogens is 1. The number of hydrogen-bond donors (Lipinski definition) is 1. The number of nitrogens with zero attached hydrogens (tertiary/aromatic N) is 2. The lowest BCUT2D eigenvalue weighted by Gasteiger charge is -2.06. The molecule has 1 N–H and O–H groups in total. The van der Waals surface area contributed by atoms with Crippen molar-refractivity contribution in [1.82, 2.24) is 10.4 Å². The second kappa shape index (κ2) is 6.36. The Morgan fingerprint density at radius 2 is 1.91 bits per heavy atom. The van der Waals surface area contributed by atoms with Crippen LogP contribution >= 0.6 is 0 Å². The molecule has 0 bridgehead atoms. The number of para-hydroxylation sites is 1. The Labute approximate surface area is 132 Å². The van der Waals surface area contributed by atoms with Crippen LogP contribution < -0.4 is 5.43 Å². The largest absolute Gasteiger partial charge is 0.272 e. The fourth-order valence-corrected chi connectivity index (χ4v) is 2.27. The van der Waals surface area contributed by atoms with Crippen molar-refractivity contribution in [3.63, 3.8) is 0 Å².